The number of methoxy groups -OCH3 is 1. The maximum atomic E-state index is 13.4. The van der Waals surface area contributed by atoms with E-state index in [2.05, 4.69) is 17.0 Å². The van der Waals surface area contributed by atoms with Crippen LogP contribution in [0.4, 0.5) is 24.9 Å². The molecule has 2 aliphatic rings. The third kappa shape index (κ3) is 6.30. The fourth-order valence-electron chi connectivity index (χ4n) is 4.90. The van der Waals surface area contributed by atoms with Gasteiger partial charge in [0.1, 0.15) is 18.2 Å². The zero-order valence-corrected chi connectivity index (χ0v) is 21.2. The fraction of sp³-hybridized carbons (Fsp3) is 0.429. The van der Waals surface area contributed by atoms with Gasteiger partial charge in [0.05, 0.1) is 20.3 Å². The number of halogens is 3. The lowest BCUT2D eigenvalue weighted by atomic mass is 10.0. The molecule has 0 N–H and O–H groups in total. The molecule has 3 heterocycles. The number of hydrogen-bond donors (Lipinski definition) is 0. The summed E-state index contributed by atoms with van der Waals surface area (Å²) >= 11 is 0. The zero-order valence-electron chi connectivity index (χ0n) is 21.2. The average Bonchev–Trinajstić information content (AvgIpc) is 3.40. The molecular weight excluding hydrogens is 497 g/mol. The first kappa shape index (κ1) is 26.1. The minimum atomic E-state index is -4.45. The Labute approximate surface area is 220 Å². The molecule has 0 aliphatic carbocycles. The van der Waals surface area contributed by atoms with Crippen molar-refractivity contribution in [3.05, 3.63) is 71.8 Å². The van der Waals surface area contributed by atoms with Crippen LogP contribution in [0.3, 0.4) is 0 Å². The van der Waals surface area contributed by atoms with Gasteiger partial charge in [-0.25, -0.2) is 0 Å². The first-order valence-corrected chi connectivity index (χ1v) is 12.8. The van der Waals surface area contributed by atoms with Crippen LogP contribution in [0, 0.1) is 0 Å². The second-order valence-corrected chi connectivity index (χ2v) is 9.53. The van der Waals surface area contributed by atoms with Gasteiger partial charge in [0, 0.05) is 25.2 Å². The molecule has 38 heavy (non-hydrogen) atoms. The molecule has 202 valence electrons. The Balaban J connectivity index is 1.41. The Morgan fingerprint density at radius 3 is 2.53 bits per heavy atom. The standard InChI is InChI=1S/C28H31F3N4O3/c1-36-23-11-9-21(10-12-23)19-38-26-17-25(34-14-15-37-24(18-34)28(29,30)31)32-27(33-26)35-13-5-8-22(35)16-20-6-3-2-4-7-20/h2-4,6-7,9-12,17,22,24H,5,8,13-16,18-19H2,1H3. The van der Waals surface area contributed by atoms with E-state index >= 15 is 0 Å². The highest BCUT2D eigenvalue weighted by molar-refractivity contribution is 5.49. The minimum absolute atomic E-state index is 0.0358. The predicted molar refractivity (Wildman–Crippen MR) is 138 cm³/mol. The van der Waals surface area contributed by atoms with Crippen molar-refractivity contribution < 1.29 is 27.4 Å². The van der Waals surface area contributed by atoms with Gasteiger partial charge in [-0.05, 0) is 42.5 Å². The van der Waals surface area contributed by atoms with Crippen LogP contribution in [0.15, 0.2) is 60.7 Å². The highest BCUT2D eigenvalue weighted by Crippen LogP contribution is 2.32. The number of alkyl halides is 3. The fourth-order valence-corrected chi connectivity index (χ4v) is 4.90. The summed E-state index contributed by atoms with van der Waals surface area (Å²) in [4.78, 5) is 13.2. The van der Waals surface area contributed by atoms with Gasteiger partial charge in [0.25, 0.3) is 0 Å². The summed E-state index contributed by atoms with van der Waals surface area (Å²) in [6.45, 7) is 0.959. The molecule has 3 aromatic rings. The molecule has 0 bridgehead atoms. The highest BCUT2D eigenvalue weighted by Gasteiger charge is 2.44. The van der Waals surface area contributed by atoms with E-state index in [1.54, 1.807) is 18.1 Å². The largest absolute Gasteiger partial charge is 0.497 e. The number of benzene rings is 2. The lowest BCUT2D eigenvalue weighted by molar-refractivity contribution is -0.221. The van der Waals surface area contributed by atoms with Crippen molar-refractivity contribution in [2.24, 2.45) is 0 Å². The molecule has 0 amide bonds. The maximum absolute atomic E-state index is 13.4. The molecule has 7 nitrogen and oxygen atoms in total. The van der Waals surface area contributed by atoms with Crippen molar-refractivity contribution in [2.75, 3.05) is 43.2 Å². The van der Waals surface area contributed by atoms with Crippen LogP contribution < -0.4 is 19.3 Å². The minimum Gasteiger partial charge on any atom is -0.497 e. The van der Waals surface area contributed by atoms with Gasteiger partial charge in [-0.3, -0.25) is 0 Å². The molecule has 0 saturated carbocycles. The summed E-state index contributed by atoms with van der Waals surface area (Å²) < 4.78 is 56.5. The van der Waals surface area contributed by atoms with E-state index in [0.717, 1.165) is 37.1 Å². The van der Waals surface area contributed by atoms with Crippen molar-refractivity contribution in [2.45, 2.75) is 44.2 Å². The highest BCUT2D eigenvalue weighted by atomic mass is 19.4. The van der Waals surface area contributed by atoms with Crippen molar-refractivity contribution in [3.63, 3.8) is 0 Å². The van der Waals surface area contributed by atoms with E-state index in [-0.39, 0.29) is 25.8 Å². The maximum Gasteiger partial charge on any atom is 0.416 e. The zero-order chi connectivity index (χ0) is 26.5. The van der Waals surface area contributed by atoms with Gasteiger partial charge < -0.3 is 24.0 Å². The molecule has 2 saturated heterocycles. The summed E-state index contributed by atoms with van der Waals surface area (Å²) in [5.74, 6) is 1.94. The van der Waals surface area contributed by atoms with Gasteiger partial charge in [-0.2, -0.15) is 23.1 Å². The normalized spacial score (nSPS) is 20.0. The van der Waals surface area contributed by atoms with Gasteiger partial charge in [0.2, 0.25) is 11.8 Å². The van der Waals surface area contributed by atoms with Crippen LogP contribution in [0.1, 0.15) is 24.0 Å². The molecule has 2 fully saturated rings. The Bertz CT molecular complexity index is 1190. The monoisotopic (exact) mass is 528 g/mol. The first-order chi connectivity index (χ1) is 18.4. The first-order valence-electron chi connectivity index (χ1n) is 12.8. The van der Waals surface area contributed by atoms with Gasteiger partial charge in [-0.15, -0.1) is 0 Å². The predicted octanol–water partition coefficient (Wildman–Crippen LogP) is 5.04. The summed E-state index contributed by atoms with van der Waals surface area (Å²) in [5, 5.41) is 0. The number of aromatic nitrogens is 2. The molecule has 2 atom stereocenters. The Morgan fingerprint density at radius 2 is 1.79 bits per heavy atom. The SMILES string of the molecule is COc1ccc(COc2cc(N3CCOC(C(F)(F)F)C3)nc(N3CCCC3Cc3ccccc3)n2)cc1. The molecule has 0 spiro atoms. The lowest BCUT2D eigenvalue weighted by Gasteiger charge is -2.35. The molecule has 2 unspecified atom stereocenters. The second-order valence-electron chi connectivity index (χ2n) is 9.53. The number of ether oxygens (including phenoxy) is 3. The van der Waals surface area contributed by atoms with E-state index in [4.69, 9.17) is 24.2 Å². The topological polar surface area (TPSA) is 60.0 Å². The number of morpholine rings is 1. The van der Waals surface area contributed by atoms with E-state index in [1.807, 2.05) is 42.5 Å². The summed E-state index contributed by atoms with van der Waals surface area (Å²) in [6, 6.07) is 19.5. The molecule has 10 heteroatoms. The van der Waals surface area contributed by atoms with E-state index < -0.39 is 12.3 Å². The summed E-state index contributed by atoms with van der Waals surface area (Å²) in [6.07, 6.45) is -3.50. The van der Waals surface area contributed by atoms with Crippen LogP contribution in [-0.4, -0.2) is 61.6 Å². The molecule has 2 aromatic carbocycles. The molecule has 2 aliphatic heterocycles. The van der Waals surface area contributed by atoms with E-state index in [9.17, 15) is 13.2 Å². The number of anilines is 2. The number of rotatable bonds is 8. The van der Waals surface area contributed by atoms with Crippen LogP contribution in [0.25, 0.3) is 0 Å². The summed E-state index contributed by atoms with van der Waals surface area (Å²) in [5.41, 5.74) is 2.14. The second kappa shape index (κ2) is 11.5. The van der Waals surface area contributed by atoms with Gasteiger partial charge in [0.15, 0.2) is 6.10 Å². The molecule has 1 aromatic heterocycles. The van der Waals surface area contributed by atoms with E-state index in [1.165, 1.54) is 5.56 Å². The summed E-state index contributed by atoms with van der Waals surface area (Å²) in [7, 11) is 1.61. The number of hydrogen-bond acceptors (Lipinski definition) is 7. The average molecular weight is 529 g/mol. The molecule has 0 radical (unpaired) electrons. The van der Waals surface area contributed by atoms with Crippen molar-refractivity contribution >= 4 is 11.8 Å². The van der Waals surface area contributed by atoms with Crippen molar-refractivity contribution in [1.29, 1.82) is 0 Å². The van der Waals surface area contributed by atoms with Crippen LogP contribution in [0.5, 0.6) is 11.6 Å². The third-order valence-electron chi connectivity index (χ3n) is 6.93. The third-order valence-corrected chi connectivity index (χ3v) is 6.93. The lowest BCUT2D eigenvalue weighted by Crippen LogP contribution is -2.49. The number of nitrogens with zero attached hydrogens (tertiary/aromatic N) is 4. The van der Waals surface area contributed by atoms with Crippen molar-refractivity contribution in [3.8, 4) is 11.6 Å². The van der Waals surface area contributed by atoms with Gasteiger partial charge >= 0.3 is 6.18 Å². The Morgan fingerprint density at radius 1 is 1.00 bits per heavy atom. The Kier molecular flexibility index (Phi) is 7.87. The Hall–Kier alpha value is -3.53. The van der Waals surface area contributed by atoms with Crippen LogP contribution >= 0.6 is 0 Å². The van der Waals surface area contributed by atoms with Crippen molar-refractivity contribution in [1.82, 2.24) is 9.97 Å². The van der Waals surface area contributed by atoms with Crippen LogP contribution in [0.2, 0.25) is 0 Å². The van der Waals surface area contributed by atoms with E-state index in [0.29, 0.717) is 24.2 Å². The molecular formula is C28H31F3N4O3. The van der Waals surface area contributed by atoms with Gasteiger partial charge in [-0.1, -0.05) is 42.5 Å². The molecule has 5 rings (SSSR count). The smallest absolute Gasteiger partial charge is 0.416 e. The van der Waals surface area contributed by atoms with Crippen LogP contribution in [-0.2, 0) is 17.8 Å². The quantitative estimate of drug-likeness (QED) is 0.406.